The molecule has 1 aromatic heterocycles. The molecule has 1 aliphatic carbocycles. The zero-order valence-corrected chi connectivity index (χ0v) is 43.4. The number of aliphatic hydroxyl groups is 1. The average molecular weight is 971 g/mol. The molecule has 1 saturated carbocycles. The maximum atomic E-state index is 14.7. The zero-order chi connectivity index (χ0) is 49.5. The third-order valence-electron chi connectivity index (χ3n) is 13.6. The molecule has 67 heavy (non-hydrogen) atoms. The number of methoxy groups -OCH3 is 2. The van der Waals surface area contributed by atoms with E-state index < -0.39 is 60.4 Å². The van der Waals surface area contributed by atoms with Gasteiger partial charge in [-0.15, -0.1) is 0 Å². The van der Waals surface area contributed by atoms with E-state index in [0.717, 1.165) is 30.7 Å². The fourth-order valence-corrected chi connectivity index (χ4v) is 12.2. The first-order valence-corrected chi connectivity index (χ1v) is 26.2. The molecule has 3 N–H and O–H groups in total. The fraction of sp³-hybridized carbons (Fsp3) is 0.680. The molecular formula is C50H78N6O9S2. The molecule has 1 aliphatic heterocycles. The van der Waals surface area contributed by atoms with E-state index in [1.54, 1.807) is 72.6 Å². The highest BCUT2D eigenvalue weighted by Crippen LogP contribution is 2.42. The Hall–Kier alpha value is -3.90. The van der Waals surface area contributed by atoms with Crippen LogP contribution >= 0.6 is 21.6 Å². The number of benzene rings is 1. The molecule has 12 atom stereocenters. The SMILES string of the molecule is CC[C@H](C)[C@@H]([C@@H](CC(=O)N1CCC[C@@H]1[C@H](OC)[C@@H](C)C(=O)N[C@H](C)[C@@H](O)c1ccccc1)OC)N(C)C(=O)[C@@H](NC(=O)[C@H](C(C)C)N(C)C(=O)O[C@H]1CCC[C@@H]1SSc1ccccn1)C(C)C. The van der Waals surface area contributed by atoms with Crippen LogP contribution in [0.25, 0.3) is 0 Å². The van der Waals surface area contributed by atoms with Crippen molar-refractivity contribution in [3.05, 3.63) is 60.3 Å². The van der Waals surface area contributed by atoms with E-state index in [0.29, 0.717) is 24.9 Å². The summed E-state index contributed by atoms with van der Waals surface area (Å²) < 4.78 is 18.1. The molecule has 2 aliphatic rings. The number of hydrogen-bond donors (Lipinski definition) is 3. The number of nitrogens with one attached hydrogen (secondary N) is 2. The molecule has 15 nitrogen and oxygen atoms in total. The van der Waals surface area contributed by atoms with Crippen LogP contribution in [0.15, 0.2) is 59.8 Å². The summed E-state index contributed by atoms with van der Waals surface area (Å²) in [7, 11) is 9.55. The molecule has 5 amide bonds. The Bertz CT molecular complexity index is 1880. The highest BCUT2D eigenvalue weighted by atomic mass is 33.1. The number of aliphatic hydroxyl groups excluding tert-OH is 1. The van der Waals surface area contributed by atoms with Crippen LogP contribution in [0.4, 0.5) is 4.79 Å². The first-order chi connectivity index (χ1) is 31.9. The quantitative estimate of drug-likeness (QED) is 0.0908. The van der Waals surface area contributed by atoms with Crippen LogP contribution in [0.3, 0.4) is 0 Å². The van der Waals surface area contributed by atoms with Crippen molar-refractivity contribution >= 4 is 51.3 Å². The van der Waals surface area contributed by atoms with Crippen molar-refractivity contribution < 1.29 is 43.3 Å². The van der Waals surface area contributed by atoms with Gasteiger partial charge in [0.25, 0.3) is 0 Å². The third-order valence-corrected chi connectivity index (χ3v) is 16.5. The van der Waals surface area contributed by atoms with Crippen LogP contribution in [0.2, 0.25) is 0 Å². The van der Waals surface area contributed by atoms with Gasteiger partial charge in [0.05, 0.1) is 54.0 Å². The summed E-state index contributed by atoms with van der Waals surface area (Å²) in [6.45, 7) is 15.5. The largest absolute Gasteiger partial charge is 0.445 e. The van der Waals surface area contributed by atoms with Gasteiger partial charge in [0, 0.05) is 41.1 Å². The molecule has 0 bridgehead atoms. The van der Waals surface area contributed by atoms with E-state index >= 15 is 0 Å². The lowest BCUT2D eigenvalue weighted by molar-refractivity contribution is -0.148. The lowest BCUT2D eigenvalue weighted by atomic mass is 9.89. The van der Waals surface area contributed by atoms with Crippen LogP contribution in [0, 0.1) is 23.7 Å². The Morgan fingerprint density at radius 3 is 2.13 bits per heavy atom. The van der Waals surface area contributed by atoms with E-state index in [9.17, 15) is 29.1 Å². The first kappa shape index (κ1) is 55.7. The van der Waals surface area contributed by atoms with Gasteiger partial charge in [0.1, 0.15) is 23.2 Å². The molecule has 4 rings (SSSR count). The van der Waals surface area contributed by atoms with E-state index in [1.165, 1.54) is 12.0 Å². The number of carbonyl (C=O) groups excluding carboxylic acids is 5. The number of likely N-dealkylation sites (tertiary alicyclic amines) is 1. The van der Waals surface area contributed by atoms with Crippen LogP contribution in [0.5, 0.6) is 0 Å². The minimum atomic E-state index is -0.947. The molecule has 2 heterocycles. The lowest BCUT2D eigenvalue weighted by Gasteiger charge is -2.41. The molecule has 2 fully saturated rings. The first-order valence-electron chi connectivity index (χ1n) is 24.0. The summed E-state index contributed by atoms with van der Waals surface area (Å²) in [6.07, 6.45) is 3.20. The van der Waals surface area contributed by atoms with Gasteiger partial charge in [-0.2, -0.15) is 0 Å². The predicted octanol–water partition coefficient (Wildman–Crippen LogP) is 7.14. The van der Waals surface area contributed by atoms with Crippen molar-refractivity contribution in [2.45, 2.75) is 165 Å². The van der Waals surface area contributed by atoms with Crippen LogP contribution in [-0.4, -0.2) is 143 Å². The number of rotatable bonds is 24. The standard InChI is InChI=1S/C50H78N6O9S2/c1-13-32(6)44(38(63-11)29-41(57)56-28-20-23-36(56)46(64-12)33(7)47(59)52-34(8)45(58)35-21-15-14-16-22-35)54(9)49(61)42(30(2)3)53-48(60)43(31(4)5)55(10)50(62)65-37-24-19-25-39(37)66-67-40-26-17-18-27-51-40/h14-18,21-22,26-27,30-34,36-39,42-46,58H,13,19-20,23-25,28-29H2,1-12H3,(H,52,59)(H,53,60)/t32-,33+,34+,36+,37-,38+,39-,42-,43-,44-,45+,46+/m0/s1. The van der Waals surface area contributed by atoms with Gasteiger partial charge < -0.3 is 39.8 Å². The number of aromatic nitrogens is 1. The van der Waals surface area contributed by atoms with Crippen molar-refractivity contribution in [3.8, 4) is 0 Å². The molecule has 374 valence electrons. The second kappa shape index (κ2) is 26.7. The number of pyridine rings is 1. The Morgan fingerprint density at radius 1 is 0.851 bits per heavy atom. The highest BCUT2D eigenvalue weighted by molar-refractivity contribution is 8.76. The molecule has 0 radical (unpaired) electrons. The summed E-state index contributed by atoms with van der Waals surface area (Å²) in [5.41, 5.74) is 0.695. The molecule has 1 aromatic carbocycles. The highest BCUT2D eigenvalue weighted by Gasteiger charge is 2.44. The van der Waals surface area contributed by atoms with Crippen molar-refractivity contribution in [1.29, 1.82) is 0 Å². The lowest BCUT2D eigenvalue weighted by Crippen LogP contribution is -2.60. The van der Waals surface area contributed by atoms with Crippen LogP contribution in [-0.2, 0) is 33.4 Å². The number of carbonyl (C=O) groups is 5. The van der Waals surface area contributed by atoms with E-state index in [-0.39, 0.29) is 59.3 Å². The maximum Gasteiger partial charge on any atom is 0.410 e. The maximum absolute atomic E-state index is 14.7. The van der Waals surface area contributed by atoms with Crippen molar-refractivity contribution in [2.24, 2.45) is 23.7 Å². The number of amides is 5. The summed E-state index contributed by atoms with van der Waals surface area (Å²) >= 11 is 0. The van der Waals surface area contributed by atoms with Crippen molar-refractivity contribution in [3.63, 3.8) is 0 Å². The predicted molar refractivity (Wildman–Crippen MR) is 264 cm³/mol. The fourth-order valence-electron chi connectivity index (χ4n) is 9.55. The van der Waals surface area contributed by atoms with E-state index in [4.69, 9.17) is 14.2 Å². The Balaban J connectivity index is 1.43. The van der Waals surface area contributed by atoms with Crippen LogP contribution in [0.1, 0.15) is 112 Å². The number of ether oxygens (including phenoxy) is 3. The number of likely N-dealkylation sites (N-methyl/N-ethyl adjacent to an activating group) is 2. The smallest absolute Gasteiger partial charge is 0.410 e. The van der Waals surface area contributed by atoms with Gasteiger partial charge in [-0.1, -0.05) is 102 Å². The minimum Gasteiger partial charge on any atom is -0.445 e. The third kappa shape index (κ3) is 14.8. The van der Waals surface area contributed by atoms with Gasteiger partial charge >= 0.3 is 6.09 Å². The van der Waals surface area contributed by atoms with Crippen molar-refractivity contribution in [2.75, 3.05) is 34.9 Å². The molecule has 2 aromatic rings. The van der Waals surface area contributed by atoms with Gasteiger partial charge in [-0.3, -0.25) is 24.1 Å². The summed E-state index contributed by atoms with van der Waals surface area (Å²) in [4.78, 5) is 79.7. The van der Waals surface area contributed by atoms with Gasteiger partial charge in [-0.25, -0.2) is 9.78 Å². The number of hydrogen-bond acceptors (Lipinski definition) is 12. The molecule has 0 unspecified atom stereocenters. The van der Waals surface area contributed by atoms with E-state index in [2.05, 4.69) is 15.6 Å². The summed E-state index contributed by atoms with van der Waals surface area (Å²) in [5.74, 6) is -2.63. The van der Waals surface area contributed by atoms with Crippen LogP contribution < -0.4 is 10.6 Å². The second-order valence-corrected chi connectivity index (χ2v) is 21.5. The second-order valence-electron chi connectivity index (χ2n) is 19.0. The number of nitrogens with zero attached hydrogens (tertiary/aromatic N) is 4. The Labute approximate surface area is 407 Å². The molecule has 1 saturated heterocycles. The summed E-state index contributed by atoms with van der Waals surface area (Å²) in [5, 5.41) is 17.8. The molecule has 0 spiro atoms. The molecule has 17 heteroatoms. The normalized spacial score (nSPS) is 21.4. The molecular weight excluding hydrogens is 893 g/mol. The average Bonchev–Trinajstić information content (AvgIpc) is 3.99. The van der Waals surface area contributed by atoms with E-state index in [1.807, 2.05) is 90.1 Å². The minimum absolute atomic E-state index is 0.0276. The van der Waals surface area contributed by atoms with Gasteiger partial charge in [-0.05, 0) is 85.3 Å². The Kier molecular flexibility index (Phi) is 22.2. The zero-order valence-electron chi connectivity index (χ0n) is 41.8. The summed E-state index contributed by atoms with van der Waals surface area (Å²) in [6, 6.07) is 11.5. The van der Waals surface area contributed by atoms with Crippen molar-refractivity contribution in [1.82, 2.24) is 30.3 Å². The Morgan fingerprint density at radius 2 is 1.54 bits per heavy atom. The monoisotopic (exact) mass is 971 g/mol. The topological polar surface area (TPSA) is 180 Å². The van der Waals surface area contributed by atoms with Gasteiger partial charge in [0.15, 0.2) is 0 Å². The van der Waals surface area contributed by atoms with Gasteiger partial charge in [0.2, 0.25) is 23.6 Å².